The second-order valence-corrected chi connectivity index (χ2v) is 3.97. The van der Waals surface area contributed by atoms with Crippen LogP contribution in [0.2, 0.25) is 5.02 Å². The zero-order chi connectivity index (χ0) is 12.3. The van der Waals surface area contributed by atoms with Crippen LogP contribution in [0.1, 0.15) is 0 Å². The normalized spacial score (nSPS) is 11.6. The zero-order valence-corrected chi connectivity index (χ0v) is 10.5. The smallest absolute Gasteiger partial charge is 0.210 e. The predicted molar refractivity (Wildman–Crippen MR) is 70.8 cm³/mol. The molecule has 1 aromatic heterocycles. The number of rotatable bonds is 1. The molecular weight excluding hydrogens is 236 g/mol. The van der Waals surface area contributed by atoms with Crippen molar-refractivity contribution in [3.05, 3.63) is 48.0 Å². The Bertz CT molecular complexity index is 502. The summed E-state index contributed by atoms with van der Waals surface area (Å²) in [4.78, 5) is 10.2. The second-order valence-electron chi connectivity index (χ2n) is 3.53. The third-order valence-corrected chi connectivity index (χ3v) is 2.70. The van der Waals surface area contributed by atoms with Crippen LogP contribution in [0, 0.1) is 0 Å². The molecule has 0 atom stereocenters. The molecule has 17 heavy (non-hydrogen) atoms. The van der Waals surface area contributed by atoms with E-state index in [1.165, 1.54) is 0 Å². The Hall–Kier alpha value is -1.81. The Morgan fingerprint density at radius 3 is 2.59 bits per heavy atom. The highest BCUT2D eigenvalue weighted by Crippen LogP contribution is 2.17. The minimum Gasteiger partial charge on any atom is -0.315 e. The lowest BCUT2D eigenvalue weighted by Crippen LogP contribution is -2.31. The fourth-order valence-electron chi connectivity index (χ4n) is 1.60. The summed E-state index contributed by atoms with van der Waals surface area (Å²) in [6, 6.07) is 7.61. The van der Waals surface area contributed by atoms with Gasteiger partial charge in [-0.25, -0.2) is 4.98 Å². The van der Waals surface area contributed by atoms with E-state index in [-0.39, 0.29) is 0 Å². The topological polar surface area (TPSA) is 33.4 Å². The van der Waals surface area contributed by atoms with E-state index in [4.69, 9.17) is 11.6 Å². The molecule has 0 spiro atoms. The van der Waals surface area contributed by atoms with Crippen LogP contribution in [-0.2, 0) is 0 Å². The van der Waals surface area contributed by atoms with E-state index in [1.807, 2.05) is 47.0 Å². The largest absolute Gasteiger partial charge is 0.315 e. The average molecular weight is 249 g/mol. The number of hydrogen-bond donors (Lipinski definition) is 0. The molecule has 0 amide bonds. The Labute approximate surface area is 105 Å². The van der Waals surface area contributed by atoms with Crippen LogP contribution in [-0.4, -0.2) is 29.6 Å². The van der Waals surface area contributed by atoms with Gasteiger partial charge in [0.1, 0.15) is 6.33 Å². The predicted octanol–water partition coefficient (Wildman–Crippen LogP) is 2.51. The molecule has 0 radical (unpaired) electrons. The summed E-state index contributed by atoms with van der Waals surface area (Å²) in [5.74, 6) is 0.796. The van der Waals surface area contributed by atoms with Crippen LogP contribution < -0.4 is 4.90 Å². The van der Waals surface area contributed by atoms with Gasteiger partial charge in [0.05, 0.1) is 0 Å². The summed E-state index contributed by atoms with van der Waals surface area (Å²) < 4.78 is 1.86. The number of benzene rings is 1. The van der Waals surface area contributed by atoms with Crippen LogP contribution in [0.3, 0.4) is 0 Å². The van der Waals surface area contributed by atoms with Crippen molar-refractivity contribution in [1.29, 1.82) is 0 Å². The zero-order valence-electron chi connectivity index (χ0n) is 9.71. The first kappa shape index (κ1) is 11.7. The number of aromatic nitrogens is 2. The van der Waals surface area contributed by atoms with Crippen molar-refractivity contribution >= 4 is 23.2 Å². The van der Waals surface area contributed by atoms with E-state index in [9.17, 15) is 0 Å². The number of halogens is 1. The maximum Gasteiger partial charge on any atom is 0.210 e. The van der Waals surface area contributed by atoms with Crippen LogP contribution in [0.5, 0.6) is 0 Å². The average Bonchev–Trinajstić information content (AvgIpc) is 2.84. The molecule has 2 rings (SSSR count). The monoisotopic (exact) mass is 248 g/mol. The van der Waals surface area contributed by atoms with E-state index in [0.29, 0.717) is 0 Å². The highest BCUT2D eigenvalue weighted by Gasteiger charge is 2.09. The SMILES string of the molecule is CN=C(N(C)c1ccc(Cl)cc1)n1ccnc1. The molecule has 0 aliphatic carbocycles. The van der Waals surface area contributed by atoms with Crippen molar-refractivity contribution in [2.24, 2.45) is 4.99 Å². The summed E-state index contributed by atoms with van der Waals surface area (Å²) in [6.07, 6.45) is 5.30. The van der Waals surface area contributed by atoms with Gasteiger partial charge in [-0.3, -0.25) is 9.56 Å². The Morgan fingerprint density at radius 2 is 2.06 bits per heavy atom. The molecule has 0 fully saturated rings. The van der Waals surface area contributed by atoms with Crippen LogP contribution in [0.4, 0.5) is 5.69 Å². The molecule has 0 aliphatic heterocycles. The van der Waals surface area contributed by atoms with Gasteiger partial charge >= 0.3 is 0 Å². The van der Waals surface area contributed by atoms with Gasteiger partial charge < -0.3 is 4.90 Å². The molecule has 2 aromatic rings. The number of anilines is 1. The summed E-state index contributed by atoms with van der Waals surface area (Å²) in [7, 11) is 3.70. The van der Waals surface area contributed by atoms with E-state index in [2.05, 4.69) is 9.98 Å². The molecule has 0 aliphatic rings. The molecule has 1 aromatic carbocycles. The molecule has 88 valence electrons. The van der Waals surface area contributed by atoms with Crippen molar-refractivity contribution in [2.45, 2.75) is 0 Å². The van der Waals surface area contributed by atoms with Crippen LogP contribution >= 0.6 is 11.6 Å². The van der Waals surface area contributed by atoms with Gasteiger partial charge in [-0.15, -0.1) is 0 Å². The quantitative estimate of drug-likeness (QED) is 0.574. The molecule has 4 nitrogen and oxygen atoms in total. The van der Waals surface area contributed by atoms with E-state index in [0.717, 1.165) is 16.7 Å². The minimum absolute atomic E-state index is 0.722. The lowest BCUT2D eigenvalue weighted by atomic mass is 10.3. The van der Waals surface area contributed by atoms with E-state index >= 15 is 0 Å². The summed E-state index contributed by atoms with van der Waals surface area (Å²) >= 11 is 5.87. The standard InChI is InChI=1S/C12H13ClN4/c1-14-12(17-8-7-15-9-17)16(2)11-5-3-10(13)4-6-11/h3-9H,1-2H3. The van der Waals surface area contributed by atoms with Gasteiger partial charge in [-0.2, -0.15) is 0 Å². The number of aliphatic imine (C=N–C) groups is 1. The molecule has 1 heterocycles. The summed E-state index contributed by atoms with van der Waals surface area (Å²) in [6.45, 7) is 0. The van der Waals surface area contributed by atoms with Crippen LogP contribution in [0.15, 0.2) is 48.0 Å². The Kier molecular flexibility index (Phi) is 3.44. The summed E-state index contributed by atoms with van der Waals surface area (Å²) in [5.41, 5.74) is 1.02. The molecule has 0 unspecified atom stereocenters. The lowest BCUT2D eigenvalue weighted by molar-refractivity contribution is 1.04. The Morgan fingerprint density at radius 1 is 1.35 bits per heavy atom. The van der Waals surface area contributed by atoms with Crippen molar-refractivity contribution in [1.82, 2.24) is 9.55 Å². The first-order chi connectivity index (χ1) is 8.22. The fourth-order valence-corrected chi connectivity index (χ4v) is 1.72. The molecule has 0 saturated carbocycles. The third kappa shape index (κ3) is 2.47. The first-order valence-corrected chi connectivity index (χ1v) is 5.54. The van der Waals surface area contributed by atoms with Crippen molar-refractivity contribution in [3.63, 3.8) is 0 Å². The highest BCUT2D eigenvalue weighted by molar-refractivity contribution is 6.30. The molecule has 0 saturated heterocycles. The molecule has 5 heteroatoms. The third-order valence-electron chi connectivity index (χ3n) is 2.45. The van der Waals surface area contributed by atoms with Crippen molar-refractivity contribution < 1.29 is 0 Å². The van der Waals surface area contributed by atoms with Gasteiger partial charge in [0.25, 0.3) is 0 Å². The maximum absolute atomic E-state index is 5.87. The highest BCUT2D eigenvalue weighted by atomic mass is 35.5. The number of nitrogens with zero attached hydrogens (tertiary/aromatic N) is 4. The first-order valence-electron chi connectivity index (χ1n) is 5.17. The molecular formula is C12H13ClN4. The second kappa shape index (κ2) is 5.01. The Balaban J connectivity index is 2.30. The van der Waals surface area contributed by atoms with E-state index < -0.39 is 0 Å². The van der Waals surface area contributed by atoms with Crippen LogP contribution in [0.25, 0.3) is 0 Å². The lowest BCUT2D eigenvalue weighted by Gasteiger charge is -2.21. The van der Waals surface area contributed by atoms with E-state index in [1.54, 1.807) is 19.6 Å². The van der Waals surface area contributed by atoms with Gasteiger partial charge in [0.2, 0.25) is 5.96 Å². The summed E-state index contributed by atoms with van der Waals surface area (Å²) in [5, 5.41) is 0.722. The fraction of sp³-hybridized carbons (Fsp3) is 0.167. The minimum atomic E-state index is 0.722. The van der Waals surface area contributed by atoms with Gasteiger partial charge in [0, 0.05) is 37.2 Å². The maximum atomic E-state index is 5.87. The molecule has 0 bridgehead atoms. The van der Waals surface area contributed by atoms with Gasteiger partial charge in [0.15, 0.2) is 0 Å². The number of imidazole rings is 1. The van der Waals surface area contributed by atoms with Crippen molar-refractivity contribution in [3.8, 4) is 0 Å². The van der Waals surface area contributed by atoms with Gasteiger partial charge in [-0.05, 0) is 24.3 Å². The number of hydrogen-bond acceptors (Lipinski definition) is 2. The van der Waals surface area contributed by atoms with Crippen molar-refractivity contribution in [2.75, 3.05) is 19.0 Å². The molecule has 0 N–H and O–H groups in total. The van der Waals surface area contributed by atoms with Gasteiger partial charge in [-0.1, -0.05) is 11.6 Å².